The third-order valence-corrected chi connectivity index (χ3v) is 5.72. The molecule has 2 fully saturated rings. The smallest absolute Gasteiger partial charge is 0.328 e. The van der Waals surface area contributed by atoms with Gasteiger partial charge >= 0.3 is 6.03 Å². The first kappa shape index (κ1) is 17.1. The third kappa shape index (κ3) is 3.30. The zero-order valence-corrected chi connectivity index (χ0v) is 15.9. The van der Waals surface area contributed by atoms with Gasteiger partial charge in [0.2, 0.25) is 0 Å². The molecule has 1 N–H and O–H groups in total. The number of piperazine rings is 1. The van der Waals surface area contributed by atoms with Crippen molar-refractivity contribution in [3.63, 3.8) is 0 Å². The van der Waals surface area contributed by atoms with E-state index in [2.05, 4.69) is 21.3 Å². The normalized spacial score (nSPS) is 17.1. The monoisotopic (exact) mass is 375 g/mol. The van der Waals surface area contributed by atoms with Crippen molar-refractivity contribution in [1.29, 1.82) is 0 Å². The Balaban J connectivity index is 1.27. The van der Waals surface area contributed by atoms with Gasteiger partial charge in [0.15, 0.2) is 5.82 Å². The molecule has 1 aliphatic carbocycles. The molecule has 2 aliphatic rings. The van der Waals surface area contributed by atoms with Gasteiger partial charge in [-0.05, 0) is 43.0 Å². The van der Waals surface area contributed by atoms with Crippen LogP contribution in [0.3, 0.4) is 0 Å². The lowest BCUT2D eigenvalue weighted by Gasteiger charge is -2.36. The van der Waals surface area contributed by atoms with Crippen LogP contribution in [-0.4, -0.2) is 53.2 Å². The molecule has 144 valence electrons. The summed E-state index contributed by atoms with van der Waals surface area (Å²) in [6.07, 6.45) is 6.38. The van der Waals surface area contributed by atoms with Gasteiger partial charge in [0, 0.05) is 50.5 Å². The largest absolute Gasteiger partial charge is 0.382 e. The van der Waals surface area contributed by atoms with Gasteiger partial charge in [-0.3, -0.25) is 4.57 Å². The number of hydrogen-bond donors (Lipinski definition) is 1. The topological polar surface area (TPSA) is 53.4 Å². The lowest BCUT2D eigenvalue weighted by Crippen LogP contribution is -2.50. The molecule has 6 heteroatoms. The Morgan fingerprint density at radius 3 is 2.68 bits per heavy atom. The fraction of sp³-hybridized carbons (Fsp3) is 0.364. The molecule has 0 unspecified atom stereocenters. The molecule has 28 heavy (non-hydrogen) atoms. The van der Waals surface area contributed by atoms with Crippen molar-refractivity contribution in [2.24, 2.45) is 5.92 Å². The number of pyridine rings is 1. The van der Waals surface area contributed by atoms with E-state index in [1.165, 1.54) is 12.8 Å². The van der Waals surface area contributed by atoms with Gasteiger partial charge in [0.25, 0.3) is 0 Å². The Labute approximate surface area is 164 Å². The molecule has 0 spiro atoms. The predicted octanol–water partition coefficient (Wildman–Crippen LogP) is 3.65. The third-order valence-electron chi connectivity index (χ3n) is 5.72. The Hall–Kier alpha value is -3.02. The van der Waals surface area contributed by atoms with Crippen molar-refractivity contribution in [1.82, 2.24) is 14.5 Å². The summed E-state index contributed by atoms with van der Waals surface area (Å²) in [5.74, 6) is 1.82. The lowest BCUT2D eigenvalue weighted by molar-refractivity contribution is 0.197. The number of fused-ring (bicyclic) bond motifs is 1. The second-order valence-electron chi connectivity index (χ2n) is 7.70. The van der Waals surface area contributed by atoms with Crippen molar-refractivity contribution in [3.05, 3.63) is 54.9 Å². The minimum atomic E-state index is 0.0500. The second-order valence-corrected chi connectivity index (χ2v) is 7.70. The molecule has 0 radical (unpaired) electrons. The van der Waals surface area contributed by atoms with Crippen LogP contribution in [0.2, 0.25) is 0 Å². The number of amides is 1. The minimum Gasteiger partial charge on any atom is -0.382 e. The number of para-hydroxylation sites is 1. The Bertz CT molecular complexity index is 985. The SMILES string of the molecule is O=C(N1CCN(c2ncccc2NCC2CC2)CC1)n1ccc2ccccc21. The van der Waals surface area contributed by atoms with Gasteiger partial charge in [-0.1, -0.05) is 18.2 Å². The molecule has 6 nitrogen and oxygen atoms in total. The minimum absolute atomic E-state index is 0.0500. The van der Waals surface area contributed by atoms with E-state index >= 15 is 0 Å². The second kappa shape index (κ2) is 7.19. The van der Waals surface area contributed by atoms with Gasteiger partial charge in [0.1, 0.15) is 0 Å². The van der Waals surface area contributed by atoms with Crippen LogP contribution in [0, 0.1) is 5.92 Å². The maximum Gasteiger partial charge on any atom is 0.328 e. The van der Waals surface area contributed by atoms with Crippen molar-refractivity contribution < 1.29 is 4.79 Å². The first-order valence-corrected chi connectivity index (χ1v) is 10.1. The van der Waals surface area contributed by atoms with E-state index in [1.807, 2.05) is 53.7 Å². The summed E-state index contributed by atoms with van der Waals surface area (Å²) in [7, 11) is 0. The van der Waals surface area contributed by atoms with Gasteiger partial charge in [-0.25, -0.2) is 9.78 Å². The summed E-state index contributed by atoms with van der Waals surface area (Å²) < 4.78 is 1.76. The number of rotatable bonds is 4. The van der Waals surface area contributed by atoms with Crippen LogP contribution in [0.4, 0.5) is 16.3 Å². The fourth-order valence-electron chi connectivity index (χ4n) is 3.87. The van der Waals surface area contributed by atoms with Crippen LogP contribution < -0.4 is 10.2 Å². The van der Waals surface area contributed by atoms with E-state index in [4.69, 9.17) is 0 Å². The fourth-order valence-corrected chi connectivity index (χ4v) is 3.87. The Kier molecular flexibility index (Phi) is 4.39. The molecule has 0 atom stereocenters. The number of benzene rings is 1. The highest BCUT2D eigenvalue weighted by Crippen LogP contribution is 2.31. The molecule has 3 heterocycles. The maximum absolute atomic E-state index is 13.0. The van der Waals surface area contributed by atoms with E-state index < -0.39 is 0 Å². The number of carbonyl (C=O) groups excluding carboxylic acids is 1. The van der Waals surface area contributed by atoms with Crippen LogP contribution in [0.1, 0.15) is 12.8 Å². The van der Waals surface area contributed by atoms with Crippen LogP contribution in [-0.2, 0) is 0 Å². The maximum atomic E-state index is 13.0. The summed E-state index contributed by atoms with van der Waals surface area (Å²) in [4.78, 5) is 21.8. The first-order chi connectivity index (χ1) is 13.8. The zero-order chi connectivity index (χ0) is 18.9. The molecule has 1 aromatic carbocycles. The number of carbonyl (C=O) groups is 1. The average molecular weight is 375 g/mol. The van der Waals surface area contributed by atoms with Crippen molar-refractivity contribution >= 4 is 28.4 Å². The number of nitrogens with one attached hydrogen (secondary N) is 1. The van der Waals surface area contributed by atoms with E-state index in [1.54, 1.807) is 4.57 Å². The van der Waals surface area contributed by atoms with Crippen molar-refractivity contribution in [2.75, 3.05) is 42.9 Å². The molecule has 1 aliphatic heterocycles. The standard InChI is InChI=1S/C22H25N5O/c28-22(27-11-9-18-4-1-2-6-20(18)27)26-14-12-25(13-15-26)21-19(5-3-10-23-21)24-16-17-7-8-17/h1-6,9-11,17,24H,7-8,12-16H2. The molecule has 0 bridgehead atoms. The highest BCUT2D eigenvalue weighted by molar-refractivity contribution is 5.91. The number of nitrogens with zero attached hydrogens (tertiary/aromatic N) is 4. The first-order valence-electron chi connectivity index (χ1n) is 10.1. The van der Waals surface area contributed by atoms with Gasteiger partial charge in [-0.15, -0.1) is 0 Å². The highest BCUT2D eigenvalue weighted by atomic mass is 16.2. The Morgan fingerprint density at radius 2 is 1.86 bits per heavy atom. The molecule has 1 saturated carbocycles. The molecular formula is C22H25N5O. The van der Waals surface area contributed by atoms with Crippen molar-refractivity contribution in [2.45, 2.75) is 12.8 Å². The summed E-state index contributed by atoms with van der Waals surface area (Å²) >= 11 is 0. The van der Waals surface area contributed by atoms with E-state index in [0.29, 0.717) is 13.1 Å². The van der Waals surface area contributed by atoms with Crippen LogP contribution >= 0.6 is 0 Å². The highest BCUT2D eigenvalue weighted by Gasteiger charge is 2.26. The van der Waals surface area contributed by atoms with Gasteiger partial charge in [0.05, 0.1) is 11.2 Å². The molecule has 2 aromatic heterocycles. The lowest BCUT2D eigenvalue weighted by atomic mass is 10.2. The summed E-state index contributed by atoms with van der Waals surface area (Å²) in [6.45, 7) is 4.01. The summed E-state index contributed by atoms with van der Waals surface area (Å²) in [5.41, 5.74) is 2.07. The van der Waals surface area contributed by atoms with Crippen molar-refractivity contribution in [3.8, 4) is 0 Å². The van der Waals surface area contributed by atoms with Crippen LogP contribution in [0.5, 0.6) is 0 Å². The quantitative estimate of drug-likeness (QED) is 0.756. The van der Waals surface area contributed by atoms with E-state index in [-0.39, 0.29) is 6.03 Å². The molecule has 1 saturated heterocycles. The average Bonchev–Trinajstić information content (AvgIpc) is 3.49. The summed E-state index contributed by atoms with van der Waals surface area (Å²) in [6, 6.07) is 14.1. The molecule has 1 amide bonds. The Morgan fingerprint density at radius 1 is 1.04 bits per heavy atom. The van der Waals surface area contributed by atoms with Gasteiger partial charge in [-0.2, -0.15) is 0 Å². The van der Waals surface area contributed by atoms with E-state index in [0.717, 1.165) is 48.0 Å². The predicted molar refractivity (Wildman–Crippen MR) is 112 cm³/mol. The number of anilines is 2. The summed E-state index contributed by atoms with van der Waals surface area (Å²) in [5, 5.41) is 4.65. The van der Waals surface area contributed by atoms with E-state index in [9.17, 15) is 4.79 Å². The molecular weight excluding hydrogens is 350 g/mol. The molecule has 5 rings (SSSR count). The zero-order valence-electron chi connectivity index (χ0n) is 15.9. The number of aromatic nitrogens is 2. The van der Waals surface area contributed by atoms with Crippen LogP contribution in [0.15, 0.2) is 54.9 Å². The van der Waals surface area contributed by atoms with Crippen LogP contribution in [0.25, 0.3) is 10.9 Å². The van der Waals surface area contributed by atoms with Gasteiger partial charge < -0.3 is 15.1 Å². The number of hydrogen-bond acceptors (Lipinski definition) is 4. The molecule has 3 aromatic rings.